The predicted molar refractivity (Wildman–Crippen MR) is 66.2 cm³/mol. The van der Waals surface area contributed by atoms with Crippen LogP contribution >= 0.6 is 0 Å². The molecule has 4 heteroatoms. The molecule has 1 aliphatic rings. The van der Waals surface area contributed by atoms with Crippen LogP contribution in [0, 0.1) is 0 Å². The lowest BCUT2D eigenvalue weighted by molar-refractivity contribution is -0.122. The van der Waals surface area contributed by atoms with E-state index in [0.29, 0.717) is 6.42 Å². The molecule has 0 bridgehead atoms. The maximum Gasteiger partial charge on any atom is 0.221 e. The molecule has 0 spiro atoms. The van der Waals surface area contributed by atoms with Crippen molar-refractivity contribution in [2.75, 3.05) is 19.6 Å². The monoisotopic (exact) mass is 227 g/mol. The van der Waals surface area contributed by atoms with E-state index in [1.54, 1.807) is 0 Å². The fourth-order valence-corrected chi connectivity index (χ4v) is 2.31. The van der Waals surface area contributed by atoms with Gasteiger partial charge in [0.1, 0.15) is 0 Å². The van der Waals surface area contributed by atoms with Gasteiger partial charge in [0.25, 0.3) is 0 Å². The van der Waals surface area contributed by atoms with Crippen LogP contribution in [-0.2, 0) is 4.79 Å². The topological polar surface area (TPSA) is 58.4 Å². The second-order valence-corrected chi connectivity index (χ2v) is 5.30. The van der Waals surface area contributed by atoms with E-state index in [2.05, 4.69) is 17.1 Å². The Labute approximate surface area is 98.6 Å². The molecule has 1 fully saturated rings. The van der Waals surface area contributed by atoms with Crippen molar-refractivity contribution in [1.29, 1.82) is 0 Å². The summed E-state index contributed by atoms with van der Waals surface area (Å²) in [5.41, 5.74) is 6.17. The minimum absolute atomic E-state index is 0.0171. The molecule has 1 rings (SSSR count). The van der Waals surface area contributed by atoms with E-state index in [4.69, 9.17) is 5.73 Å². The first-order valence-electron chi connectivity index (χ1n) is 6.26. The van der Waals surface area contributed by atoms with Gasteiger partial charge in [-0.1, -0.05) is 13.3 Å². The summed E-state index contributed by atoms with van der Waals surface area (Å²) in [5.74, 6) is 0.139. The van der Waals surface area contributed by atoms with E-state index in [-0.39, 0.29) is 17.5 Å². The normalized spacial score (nSPS) is 19.6. The van der Waals surface area contributed by atoms with Gasteiger partial charge in [-0.15, -0.1) is 0 Å². The minimum Gasteiger partial charge on any atom is -0.354 e. The maximum atomic E-state index is 11.4. The van der Waals surface area contributed by atoms with Crippen molar-refractivity contribution >= 4 is 5.91 Å². The third-order valence-corrected chi connectivity index (χ3v) is 2.93. The number of hydrogen-bond acceptors (Lipinski definition) is 3. The van der Waals surface area contributed by atoms with Crippen molar-refractivity contribution in [3.63, 3.8) is 0 Å². The summed E-state index contributed by atoms with van der Waals surface area (Å²) in [6.07, 6.45) is 2.81. The largest absolute Gasteiger partial charge is 0.354 e. The summed E-state index contributed by atoms with van der Waals surface area (Å²) >= 11 is 0. The first-order valence-corrected chi connectivity index (χ1v) is 6.26. The molecule has 0 aromatic heterocycles. The Kier molecular flexibility index (Phi) is 4.74. The third kappa shape index (κ3) is 4.10. The van der Waals surface area contributed by atoms with Gasteiger partial charge in [0.05, 0.1) is 0 Å². The number of carbonyl (C=O) groups excluding carboxylic acids is 1. The van der Waals surface area contributed by atoms with Crippen molar-refractivity contribution in [1.82, 2.24) is 10.2 Å². The first kappa shape index (κ1) is 13.5. The molecule has 0 unspecified atom stereocenters. The summed E-state index contributed by atoms with van der Waals surface area (Å²) in [5, 5.41) is 2.90. The van der Waals surface area contributed by atoms with Crippen LogP contribution in [0.25, 0.3) is 0 Å². The van der Waals surface area contributed by atoms with E-state index >= 15 is 0 Å². The third-order valence-electron chi connectivity index (χ3n) is 2.93. The molecule has 0 aliphatic carbocycles. The molecule has 0 aromatic carbocycles. The average molecular weight is 227 g/mol. The van der Waals surface area contributed by atoms with Gasteiger partial charge in [0, 0.05) is 37.6 Å². The zero-order valence-corrected chi connectivity index (χ0v) is 10.8. The Balaban J connectivity index is 2.11. The Morgan fingerprint density at radius 1 is 1.50 bits per heavy atom. The van der Waals surface area contributed by atoms with E-state index in [1.165, 1.54) is 0 Å². The van der Waals surface area contributed by atoms with E-state index in [1.807, 2.05) is 13.8 Å². The lowest BCUT2D eigenvalue weighted by atomic mass is 9.86. The van der Waals surface area contributed by atoms with Gasteiger partial charge >= 0.3 is 0 Å². The van der Waals surface area contributed by atoms with Gasteiger partial charge in [-0.25, -0.2) is 0 Å². The number of rotatable bonds is 6. The quantitative estimate of drug-likeness (QED) is 0.703. The number of carbonyl (C=O) groups is 1. The molecule has 0 saturated carbocycles. The highest BCUT2D eigenvalue weighted by Gasteiger charge is 2.37. The Morgan fingerprint density at radius 3 is 2.62 bits per heavy atom. The highest BCUT2D eigenvalue weighted by Crippen LogP contribution is 2.22. The molecule has 0 atom stereocenters. The van der Waals surface area contributed by atoms with Crippen molar-refractivity contribution in [2.24, 2.45) is 5.73 Å². The summed E-state index contributed by atoms with van der Waals surface area (Å²) in [7, 11) is 0. The van der Waals surface area contributed by atoms with Crippen LogP contribution in [0.4, 0.5) is 0 Å². The fraction of sp³-hybridized carbons (Fsp3) is 0.917. The van der Waals surface area contributed by atoms with Crippen LogP contribution in [-0.4, -0.2) is 42.0 Å². The van der Waals surface area contributed by atoms with Crippen LogP contribution in [0.3, 0.4) is 0 Å². The number of nitrogens with zero attached hydrogens (tertiary/aromatic N) is 1. The van der Waals surface area contributed by atoms with Crippen molar-refractivity contribution in [3.8, 4) is 0 Å². The molecule has 1 saturated heterocycles. The molecular formula is C12H25N3O. The Hall–Kier alpha value is -0.610. The fourth-order valence-electron chi connectivity index (χ4n) is 2.31. The molecule has 4 nitrogen and oxygen atoms in total. The average Bonchev–Trinajstić information content (AvgIpc) is 2.10. The van der Waals surface area contributed by atoms with E-state index in [0.717, 1.165) is 32.5 Å². The van der Waals surface area contributed by atoms with Gasteiger partial charge < -0.3 is 11.1 Å². The molecule has 1 heterocycles. The van der Waals surface area contributed by atoms with Crippen LogP contribution in [0.5, 0.6) is 0 Å². The highest BCUT2D eigenvalue weighted by atomic mass is 16.1. The van der Waals surface area contributed by atoms with Crippen LogP contribution in [0.1, 0.15) is 40.0 Å². The van der Waals surface area contributed by atoms with Crippen molar-refractivity contribution < 1.29 is 4.79 Å². The summed E-state index contributed by atoms with van der Waals surface area (Å²) < 4.78 is 0. The predicted octanol–water partition coefficient (Wildman–Crippen LogP) is 0.714. The molecule has 0 aromatic rings. The second kappa shape index (κ2) is 5.64. The first-order chi connectivity index (χ1) is 7.45. The molecule has 16 heavy (non-hydrogen) atoms. The Bertz CT molecular complexity index is 234. The van der Waals surface area contributed by atoms with Crippen molar-refractivity contribution in [3.05, 3.63) is 0 Å². The lowest BCUT2D eigenvalue weighted by Crippen LogP contribution is -2.67. The molecule has 0 radical (unpaired) electrons. The second-order valence-electron chi connectivity index (χ2n) is 5.30. The highest BCUT2D eigenvalue weighted by molar-refractivity contribution is 5.76. The van der Waals surface area contributed by atoms with Gasteiger partial charge in [0.2, 0.25) is 5.91 Å². The lowest BCUT2D eigenvalue weighted by Gasteiger charge is -2.48. The minimum atomic E-state index is 0.0171. The van der Waals surface area contributed by atoms with Crippen LogP contribution in [0.15, 0.2) is 0 Å². The standard InChI is InChI=1S/C12H25N3O/c1-4-6-12(13)8-15(9-12)7-5-11(16)14-10(2)3/h10H,4-9,13H2,1-3H3,(H,14,16). The van der Waals surface area contributed by atoms with Gasteiger partial charge in [-0.05, 0) is 20.3 Å². The number of hydrogen-bond donors (Lipinski definition) is 2. The molecular weight excluding hydrogens is 202 g/mol. The summed E-state index contributed by atoms with van der Waals surface area (Å²) in [6.45, 7) is 8.83. The van der Waals surface area contributed by atoms with Crippen molar-refractivity contribution in [2.45, 2.75) is 51.6 Å². The van der Waals surface area contributed by atoms with Gasteiger partial charge in [-0.3, -0.25) is 9.69 Å². The number of amides is 1. The zero-order chi connectivity index (χ0) is 12.2. The summed E-state index contributed by atoms with van der Waals surface area (Å²) in [4.78, 5) is 13.7. The van der Waals surface area contributed by atoms with Crippen LogP contribution in [0.2, 0.25) is 0 Å². The van der Waals surface area contributed by atoms with Crippen LogP contribution < -0.4 is 11.1 Å². The zero-order valence-electron chi connectivity index (χ0n) is 10.8. The number of nitrogens with one attached hydrogen (secondary N) is 1. The Morgan fingerprint density at radius 2 is 2.12 bits per heavy atom. The molecule has 1 aliphatic heterocycles. The smallest absolute Gasteiger partial charge is 0.221 e. The molecule has 3 N–H and O–H groups in total. The SMILES string of the molecule is CCCC1(N)CN(CCC(=O)NC(C)C)C1. The maximum absolute atomic E-state index is 11.4. The summed E-state index contributed by atoms with van der Waals surface area (Å²) in [6, 6.07) is 0.234. The van der Waals surface area contributed by atoms with E-state index < -0.39 is 0 Å². The molecule has 94 valence electrons. The number of likely N-dealkylation sites (tertiary alicyclic amines) is 1. The van der Waals surface area contributed by atoms with Gasteiger partial charge in [-0.2, -0.15) is 0 Å². The van der Waals surface area contributed by atoms with Gasteiger partial charge in [0.15, 0.2) is 0 Å². The van der Waals surface area contributed by atoms with E-state index in [9.17, 15) is 4.79 Å². The molecule has 1 amide bonds. The number of nitrogens with two attached hydrogens (primary N) is 1.